The van der Waals surface area contributed by atoms with Crippen LogP contribution in [0.25, 0.3) is 122 Å². The van der Waals surface area contributed by atoms with Gasteiger partial charge in [0.25, 0.3) is 0 Å². The van der Waals surface area contributed by atoms with Gasteiger partial charge in [0.1, 0.15) is 22.3 Å². The molecule has 0 bridgehead atoms. The maximum atomic E-state index is 7.48. The third kappa shape index (κ3) is 12.1. The zero-order valence-corrected chi connectivity index (χ0v) is 71.4. The van der Waals surface area contributed by atoms with Crippen molar-refractivity contribution in [2.45, 2.75) is 264 Å². The molecule has 14 aromatic rings. The van der Waals surface area contributed by atoms with Gasteiger partial charge in [0.2, 0.25) is 0 Å². The molecule has 0 fully saturated rings. The summed E-state index contributed by atoms with van der Waals surface area (Å²) in [7, 11) is 0. The molecule has 3 heteroatoms. The van der Waals surface area contributed by atoms with E-state index in [9.17, 15) is 0 Å². The monoisotopic (exact) mass is 1520 g/mol. The molecule has 0 saturated heterocycles. The molecule has 116 heavy (non-hydrogen) atoms. The first-order chi connectivity index (χ1) is 56.4. The Kier molecular flexibility index (Phi) is 19.6. The molecule has 19 rings (SSSR count). The van der Waals surface area contributed by atoms with Gasteiger partial charge in [-0.1, -0.05) is 331 Å². The summed E-state index contributed by atoms with van der Waals surface area (Å²) in [5.74, 6) is 0. The highest BCUT2D eigenvalue weighted by Gasteiger charge is 2.48. The average Bonchev–Trinajstić information content (AvgIpc) is 1.53. The first-order valence-electron chi connectivity index (χ1n) is 45.3. The van der Waals surface area contributed by atoms with E-state index >= 15 is 0 Å². The molecule has 0 saturated carbocycles. The van der Waals surface area contributed by atoms with Gasteiger partial charge in [-0.15, -0.1) is 0 Å². The molecule has 0 spiro atoms. The van der Waals surface area contributed by atoms with Gasteiger partial charge in [-0.2, -0.15) is 0 Å². The van der Waals surface area contributed by atoms with Crippen molar-refractivity contribution in [1.82, 2.24) is 0 Å². The lowest BCUT2D eigenvalue weighted by Crippen LogP contribution is -2.26. The highest BCUT2D eigenvalue weighted by Crippen LogP contribution is 2.64. The molecule has 2 aromatic heterocycles. The lowest BCUT2D eigenvalue weighted by atomic mass is 9.70. The van der Waals surface area contributed by atoms with Gasteiger partial charge in [0, 0.05) is 71.2 Å². The second-order valence-corrected chi connectivity index (χ2v) is 37.7. The van der Waals surface area contributed by atoms with E-state index in [1.165, 1.54) is 313 Å². The maximum Gasteiger partial charge on any atom is 0.143 e. The number of nitrogens with zero attached hydrogens (tertiary/aromatic N) is 1. The number of para-hydroxylation sites is 2. The Morgan fingerprint density at radius 1 is 0.276 bits per heavy atom. The van der Waals surface area contributed by atoms with Crippen LogP contribution in [0.15, 0.2) is 221 Å². The Hall–Kier alpha value is -9.96. The quantitative estimate of drug-likeness (QED) is 0.0438. The molecule has 0 unspecified atom stereocenters. The van der Waals surface area contributed by atoms with Crippen LogP contribution in [-0.2, 0) is 27.1 Å². The van der Waals surface area contributed by atoms with Gasteiger partial charge < -0.3 is 13.7 Å². The van der Waals surface area contributed by atoms with Crippen molar-refractivity contribution >= 4 is 60.9 Å². The van der Waals surface area contributed by atoms with E-state index in [-0.39, 0.29) is 27.1 Å². The summed E-state index contributed by atoms with van der Waals surface area (Å²) in [4.78, 5) is 2.63. The van der Waals surface area contributed by atoms with Crippen LogP contribution in [0.1, 0.15) is 290 Å². The summed E-state index contributed by atoms with van der Waals surface area (Å²) in [5.41, 5.74) is 42.2. The van der Waals surface area contributed by atoms with E-state index in [2.05, 4.69) is 300 Å². The van der Waals surface area contributed by atoms with Crippen molar-refractivity contribution in [2.75, 3.05) is 4.90 Å². The van der Waals surface area contributed by atoms with Gasteiger partial charge in [0.15, 0.2) is 0 Å². The molecule has 3 nitrogen and oxygen atoms in total. The van der Waals surface area contributed by atoms with Crippen LogP contribution in [0.2, 0.25) is 0 Å². The Morgan fingerprint density at radius 2 is 0.698 bits per heavy atom. The predicted octanol–water partition coefficient (Wildman–Crippen LogP) is 33.8. The lowest BCUT2D eigenvalue weighted by molar-refractivity contribution is 0.399. The minimum Gasteiger partial charge on any atom is -0.456 e. The Labute approximate surface area is 691 Å². The summed E-state index contributed by atoms with van der Waals surface area (Å²) < 4.78 is 14.1. The third-order valence-corrected chi connectivity index (χ3v) is 29.4. The van der Waals surface area contributed by atoms with E-state index in [1.807, 2.05) is 0 Å². The molecule has 0 N–H and O–H groups in total. The zero-order valence-electron chi connectivity index (χ0n) is 71.4. The number of aryl methyl sites for hydroxylation is 2. The molecule has 12 aromatic carbocycles. The van der Waals surface area contributed by atoms with Crippen molar-refractivity contribution in [1.29, 1.82) is 0 Å². The fraction of sp³-hybridized carbons (Fsp3) is 0.363. The fourth-order valence-electron chi connectivity index (χ4n) is 23.2. The molecule has 588 valence electrons. The Balaban J connectivity index is 0.733. The van der Waals surface area contributed by atoms with Gasteiger partial charge in [-0.25, -0.2) is 0 Å². The molecule has 5 aliphatic rings. The molecule has 5 aliphatic carbocycles. The van der Waals surface area contributed by atoms with E-state index in [0.717, 1.165) is 35.2 Å². The first kappa shape index (κ1) is 76.0. The molecule has 0 atom stereocenters. The Bertz CT molecular complexity index is 6160. The minimum atomic E-state index is -0.294. The largest absolute Gasteiger partial charge is 0.456 e. The maximum absolute atomic E-state index is 7.48. The average molecular weight is 1520 g/mol. The second-order valence-electron chi connectivity index (χ2n) is 37.7. The number of furan rings is 2. The van der Waals surface area contributed by atoms with E-state index in [4.69, 9.17) is 8.83 Å². The summed E-state index contributed by atoms with van der Waals surface area (Å²) >= 11 is 0. The van der Waals surface area contributed by atoms with Crippen LogP contribution in [0.3, 0.4) is 0 Å². The van der Waals surface area contributed by atoms with Crippen molar-refractivity contribution < 1.29 is 8.83 Å². The van der Waals surface area contributed by atoms with Gasteiger partial charge in [0.05, 0.1) is 0 Å². The van der Waals surface area contributed by atoms with Crippen LogP contribution in [0.5, 0.6) is 0 Å². The third-order valence-electron chi connectivity index (χ3n) is 29.4. The van der Waals surface area contributed by atoms with Crippen LogP contribution in [0, 0.1) is 13.8 Å². The number of hydrogen-bond acceptors (Lipinski definition) is 3. The molecule has 2 heterocycles. The number of unbranched alkanes of at least 4 members (excludes halogenated alkanes) is 16. The van der Waals surface area contributed by atoms with Crippen LogP contribution >= 0.6 is 0 Å². The summed E-state index contributed by atoms with van der Waals surface area (Å²) in [6, 6.07) is 84.4. The summed E-state index contributed by atoms with van der Waals surface area (Å²) in [6.45, 7) is 28.8. The number of benzene rings is 12. The van der Waals surface area contributed by atoms with Gasteiger partial charge in [-0.3, -0.25) is 0 Å². The van der Waals surface area contributed by atoms with Crippen molar-refractivity contribution in [3.63, 3.8) is 0 Å². The first-order valence-corrected chi connectivity index (χ1v) is 45.3. The zero-order chi connectivity index (χ0) is 79.6. The Morgan fingerprint density at radius 3 is 1.31 bits per heavy atom. The summed E-state index contributed by atoms with van der Waals surface area (Å²) in [5, 5.41) is 4.88. The van der Waals surface area contributed by atoms with Crippen molar-refractivity contribution in [3.05, 3.63) is 279 Å². The molecular weight excluding hydrogens is 1400 g/mol. The van der Waals surface area contributed by atoms with E-state index in [1.54, 1.807) is 11.1 Å². The number of fused-ring (bicyclic) bond motifs is 23. The van der Waals surface area contributed by atoms with E-state index < -0.39 is 0 Å². The highest BCUT2D eigenvalue weighted by atomic mass is 16.3. The van der Waals surface area contributed by atoms with Crippen LogP contribution in [0.4, 0.5) is 17.1 Å². The van der Waals surface area contributed by atoms with Crippen LogP contribution < -0.4 is 4.90 Å². The molecule has 0 aliphatic heterocycles. The predicted molar refractivity (Wildman–Crippen MR) is 495 cm³/mol. The minimum absolute atomic E-state index is 0.0278. The fourth-order valence-corrected chi connectivity index (χ4v) is 23.2. The smallest absolute Gasteiger partial charge is 0.143 e. The number of rotatable bonds is 29. The number of anilines is 3. The number of hydrogen-bond donors (Lipinski definition) is 0. The second kappa shape index (κ2) is 29.9. The van der Waals surface area contributed by atoms with Gasteiger partial charge >= 0.3 is 0 Å². The normalized spacial score (nSPS) is 15.4. The topological polar surface area (TPSA) is 29.5 Å². The lowest BCUT2D eigenvalue weighted by Gasteiger charge is -2.35. The molecule has 0 radical (unpaired) electrons. The standard InChI is InChI=1S/C113H119NO2/c1-13-17-21-25-35-59-112(60-36-26-22-18-14-2)90-42-32-29-39-79(90)82-52-47-75(65-97(82)112)74-46-51-80-81-53-48-76(66-93(81)110(9,10)92(80)64-74)87-69-99-104(107-86-41-31-34-44-102(86)116-108(87)107)84-55-50-78(68-98(84)113(99,61-37-27-23-19-15-3)62-38-28-24-20-16-4)114(100-57-45-72(5)63-73(100)6)77-49-54-83-88-70-96-89(71-95(88)111(11,12)94(83)67-77)105-91(109(96,7)8)56-58-103-106(105)85-40-30-33-43-101(85)115-103/h29-34,39-58,63-71H,13-28,35-38,59-62H2,1-12H3. The SMILES string of the molecule is CCCCCCCC1(CCCCCCC)c2ccccc2-c2ccc(-c3ccc4c(c3)C(C)(C)c3cc(-c5cc6c(c7c5oc5ccccc57)-c5ccc(N(c7ccc8c(c7)C(C)(C)c7cc9c(cc7-8)C(C)(C)c7ccc8oc%10ccccc%10c8c7-9)c7ccc(C)cc7C)cc5C6(CCCCCCC)CCCCCCC)ccc3-4)cc21. The highest BCUT2D eigenvalue weighted by molar-refractivity contribution is 6.19. The van der Waals surface area contributed by atoms with Crippen molar-refractivity contribution in [2.24, 2.45) is 0 Å². The van der Waals surface area contributed by atoms with Gasteiger partial charge in [-0.05, 0) is 258 Å². The van der Waals surface area contributed by atoms with Crippen LogP contribution in [-0.4, -0.2) is 0 Å². The summed E-state index contributed by atoms with van der Waals surface area (Å²) in [6.07, 6.45) is 29.9. The molecule has 0 amide bonds. The van der Waals surface area contributed by atoms with E-state index in [0.29, 0.717) is 0 Å². The van der Waals surface area contributed by atoms with Crippen molar-refractivity contribution in [3.8, 4) is 77.9 Å². The molecular formula is C113H119NO2.